The van der Waals surface area contributed by atoms with Gasteiger partial charge in [0.2, 0.25) is 0 Å². The van der Waals surface area contributed by atoms with Gasteiger partial charge in [0.15, 0.2) is 0 Å². The van der Waals surface area contributed by atoms with Gasteiger partial charge in [-0.25, -0.2) is 19.7 Å². The van der Waals surface area contributed by atoms with E-state index < -0.39 is 11.9 Å². The summed E-state index contributed by atoms with van der Waals surface area (Å²) in [6.07, 6.45) is 2.53. The van der Waals surface area contributed by atoms with Crippen molar-refractivity contribution in [1.29, 1.82) is 0 Å². The molecule has 0 aliphatic rings. The lowest BCUT2D eigenvalue weighted by Crippen LogP contribution is -2.23. The molecule has 7 nitrogen and oxygen atoms in total. The summed E-state index contributed by atoms with van der Waals surface area (Å²) in [4.78, 5) is 34.5. The van der Waals surface area contributed by atoms with E-state index in [2.05, 4.69) is 20.3 Å². The monoisotopic (exact) mass is 312 g/mol. The number of carbonyl (C=O) groups excluding carboxylic acids is 1. The van der Waals surface area contributed by atoms with Crippen LogP contribution in [0.1, 0.15) is 30.9 Å². The van der Waals surface area contributed by atoms with Crippen LogP contribution in [0.5, 0.6) is 0 Å². The molecular formula is C11H9ClN4O3S. The van der Waals surface area contributed by atoms with E-state index in [-0.39, 0.29) is 22.3 Å². The number of thiazole rings is 1. The van der Waals surface area contributed by atoms with Crippen molar-refractivity contribution >= 4 is 34.8 Å². The van der Waals surface area contributed by atoms with E-state index in [0.717, 1.165) is 11.3 Å². The molecule has 0 saturated carbocycles. The molecule has 20 heavy (non-hydrogen) atoms. The van der Waals surface area contributed by atoms with Crippen LogP contribution in [0.3, 0.4) is 0 Å². The molecule has 0 saturated heterocycles. The van der Waals surface area contributed by atoms with Gasteiger partial charge in [0.25, 0.3) is 5.91 Å². The number of nitrogens with one attached hydrogen (secondary N) is 1. The van der Waals surface area contributed by atoms with E-state index >= 15 is 0 Å². The number of carboxylic acids is 1. The minimum atomic E-state index is -1.03. The summed E-state index contributed by atoms with van der Waals surface area (Å²) in [5, 5.41) is 12.2. The van der Waals surface area contributed by atoms with E-state index in [1.165, 1.54) is 12.4 Å². The largest absolute Gasteiger partial charge is 0.477 e. The fourth-order valence-electron chi connectivity index (χ4n) is 1.40. The Morgan fingerprint density at radius 2 is 2.15 bits per heavy atom. The van der Waals surface area contributed by atoms with Crippen molar-refractivity contribution in [1.82, 2.24) is 20.3 Å². The summed E-state index contributed by atoms with van der Waals surface area (Å²) < 4.78 is 0. The highest BCUT2D eigenvalue weighted by Gasteiger charge is 2.15. The van der Waals surface area contributed by atoms with Crippen LogP contribution in [0.2, 0.25) is 5.15 Å². The molecule has 2 heterocycles. The molecule has 2 aromatic heterocycles. The van der Waals surface area contributed by atoms with Crippen molar-refractivity contribution in [2.24, 2.45) is 0 Å². The molecule has 0 bridgehead atoms. The number of hydrogen-bond acceptors (Lipinski definition) is 6. The molecule has 0 spiro atoms. The lowest BCUT2D eigenvalue weighted by molar-refractivity contribution is 0.0701. The number of carbonyl (C=O) groups is 2. The second-order valence-corrected chi connectivity index (χ2v) is 5.21. The molecule has 9 heteroatoms. The van der Waals surface area contributed by atoms with Crippen molar-refractivity contribution in [3.63, 3.8) is 0 Å². The number of nitrogens with zero attached hydrogens (tertiary/aromatic N) is 3. The van der Waals surface area contributed by atoms with Crippen LogP contribution in [-0.2, 0) is 6.54 Å². The standard InChI is InChI=1S/C11H9ClN4O3S/c1-5-9(11(18)19)20-8(16-5)4-15-10(17)6-2-14-7(12)3-13-6/h2-3H,4H2,1H3,(H,15,17)(H,18,19). The van der Waals surface area contributed by atoms with Crippen LogP contribution in [0.15, 0.2) is 12.4 Å². The number of hydrogen-bond donors (Lipinski definition) is 2. The van der Waals surface area contributed by atoms with E-state index in [1.54, 1.807) is 6.92 Å². The Morgan fingerprint density at radius 1 is 1.40 bits per heavy atom. The molecule has 0 aromatic carbocycles. The van der Waals surface area contributed by atoms with Gasteiger partial charge in [-0.05, 0) is 6.92 Å². The highest BCUT2D eigenvalue weighted by molar-refractivity contribution is 7.13. The number of aromatic nitrogens is 3. The van der Waals surface area contributed by atoms with Gasteiger partial charge in [-0.3, -0.25) is 4.79 Å². The van der Waals surface area contributed by atoms with Crippen LogP contribution in [-0.4, -0.2) is 31.9 Å². The third kappa shape index (κ3) is 3.28. The van der Waals surface area contributed by atoms with E-state index in [4.69, 9.17) is 16.7 Å². The average Bonchev–Trinajstić information content (AvgIpc) is 2.78. The fraction of sp³-hybridized carbons (Fsp3) is 0.182. The summed E-state index contributed by atoms with van der Waals surface area (Å²) in [6.45, 7) is 1.73. The van der Waals surface area contributed by atoms with Crippen molar-refractivity contribution in [2.45, 2.75) is 13.5 Å². The quantitative estimate of drug-likeness (QED) is 0.887. The molecule has 0 radical (unpaired) electrons. The molecule has 0 aliphatic heterocycles. The van der Waals surface area contributed by atoms with E-state index in [0.29, 0.717) is 10.7 Å². The van der Waals surface area contributed by atoms with Crippen molar-refractivity contribution < 1.29 is 14.7 Å². The SMILES string of the molecule is Cc1nc(CNC(=O)c2cnc(Cl)cn2)sc1C(=O)O. The first-order chi connectivity index (χ1) is 9.47. The maximum atomic E-state index is 11.8. The summed E-state index contributed by atoms with van der Waals surface area (Å²) >= 11 is 6.59. The lowest BCUT2D eigenvalue weighted by Gasteiger charge is -2.01. The second kappa shape index (κ2) is 5.93. The first kappa shape index (κ1) is 14.4. The van der Waals surface area contributed by atoms with Gasteiger partial charge in [-0.15, -0.1) is 11.3 Å². The highest BCUT2D eigenvalue weighted by Crippen LogP contribution is 2.17. The van der Waals surface area contributed by atoms with Gasteiger partial charge in [0.05, 0.1) is 24.6 Å². The van der Waals surface area contributed by atoms with Crippen LogP contribution in [0, 0.1) is 6.92 Å². The molecule has 0 unspecified atom stereocenters. The predicted molar refractivity (Wildman–Crippen MR) is 72.0 cm³/mol. The summed E-state index contributed by atoms with van der Waals surface area (Å²) in [5.74, 6) is -1.46. The maximum absolute atomic E-state index is 11.8. The Kier molecular flexibility index (Phi) is 4.26. The topological polar surface area (TPSA) is 105 Å². The molecule has 2 aromatic rings. The molecule has 0 fully saturated rings. The zero-order valence-electron chi connectivity index (χ0n) is 10.3. The number of halogens is 1. The van der Waals surface area contributed by atoms with Gasteiger partial charge >= 0.3 is 5.97 Å². The van der Waals surface area contributed by atoms with Crippen LogP contribution in [0.4, 0.5) is 0 Å². The van der Waals surface area contributed by atoms with Gasteiger partial charge < -0.3 is 10.4 Å². The van der Waals surface area contributed by atoms with Gasteiger partial charge in [0.1, 0.15) is 20.7 Å². The summed E-state index contributed by atoms with van der Waals surface area (Å²) in [7, 11) is 0. The second-order valence-electron chi connectivity index (χ2n) is 3.73. The maximum Gasteiger partial charge on any atom is 0.347 e. The molecule has 104 valence electrons. The Balaban J connectivity index is 2.01. The van der Waals surface area contributed by atoms with Gasteiger partial charge in [0, 0.05) is 0 Å². The molecular weight excluding hydrogens is 304 g/mol. The smallest absolute Gasteiger partial charge is 0.347 e. The highest BCUT2D eigenvalue weighted by atomic mass is 35.5. The lowest BCUT2D eigenvalue weighted by atomic mass is 10.4. The van der Waals surface area contributed by atoms with Gasteiger partial charge in [-0.1, -0.05) is 11.6 Å². The number of aryl methyl sites for hydroxylation is 1. The number of carboxylic acid groups (broad SMARTS) is 1. The molecule has 0 atom stereocenters. The zero-order chi connectivity index (χ0) is 14.7. The molecule has 2 rings (SSSR count). The Bertz CT molecular complexity index is 656. The summed E-state index contributed by atoms with van der Waals surface area (Å²) in [6, 6.07) is 0. The summed E-state index contributed by atoms with van der Waals surface area (Å²) in [5.41, 5.74) is 0.555. The number of rotatable bonds is 4. The van der Waals surface area contributed by atoms with E-state index in [9.17, 15) is 9.59 Å². The van der Waals surface area contributed by atoms with Crippen molar-refractivity contribution in [3.05, 3.63) is 38.8 Å². The minimum Gasteiger partial charge on any atom is -0.477 e. The fourth-order valence-corrected chi connectivity index (χ4v) is 2.34. The third-order valence-corrected chi connectivity index (χ3v) is 3.63. The first-order valence-corrected chi connectivity index (χ1v) is 6.62. The van der Waals surface area contributed by atoms with Crippen LogP contribution < -0.4 is 5.32 Å². The predicted octanol–water partition coefficient (Wildman–Crippen LogP) is 1.52. The Labute approximate surface area is 122 Å². The van der Waals surface area contributed by atoms with Gasteiger partial charge in [-0.2, -0.15) is 0 Å². The zero-order valence-corrected chi connectivity index (χ0v) is 11.8. The molecule has 1 amide bonds. The van der Waals surface area contributed by atoms with Crippen molar-refractivity contribution in [3.8, 4) is 0 Å². The number of amides is 1. The third-order valence-electron chi connectivity index (χ3n) is 2.29. The molecule has 0 aliphatic carbocycles. The first-order valence-electron chi connectivity index (χ1n) is 5.42. The van der Waals surface area contributed by atoms with Crippen LogP contribution >= 0.6 is 22.9 Å². The van der Waals surface area contributed by atoms with E-state index in [1.807, 2.05) is 0 Å². The van der Waals surface area contributed by atoms with Crippen LogP contribution in [0.25, 0.3) is 0 Å². The normalized spacial score (nSPS) is 10.3. The molecule has 2 N–H and O–H groups in total. The van der Waals surface area contributed by atoms with Crippen molar-refractivity contribution in [2.75, 3.05) is 0 Å². The Hall–Kier alpha value is -2.06. The average molecular weight is 313 g/mol. The number of aromatic carboxylic acids is 1. The minimum absolute atomic E-state index is 0.126. The Morgan fingerprint density at radius 3 is 2.70 bits per heavy atom.